The summed E-state index contributed by atoms with van der Waals surface area (Å²) in [6.45, 7) is 8.99. The first-order valence-corrected chi connectivity index (χ1v) is 15.6. The van der Waals surface area contributed by atoms with Crippen molar-refractivity contribution in [2.45, 2.75) is 64.8 Å². The fourth-order valence-electron chi connectivity index (χ4n) is 4.26. The topological polar surface area (TPSA) is 87.5 Å². The van der Waals surface area contributed by atoms with E-state index in [1.807, 2.05) is 50.2 Å². The molecule has 1 unspecified atom stereocenters. The van der Waals surface area contributed by atoms with E-state index in [1.54, 1.807) is 16.4 Å². The molecule has 3 aromatic rings. The minimum absolute atomic E-state index is 0.268. The number of benzene rings is 2. The lowest BCUT2D eigenvalue weighted by atomic mass is 9.95. The fourth-order valence-corrected chi connectivity index (χ4v) is 5.71. The van der Waals surface area contributed by atoms with Crippen molar-refractivity contribution >= 4 is 51.2 Å². The number of nitrogens with zero attached hydrogens (tertiary/aromatic N) is 3. The number of aromatic nitrogens is 3. The Balaban J connectivity index is 1.76. The van der Waals surface area contributed by atoms with Gasteiger partial charge in [0, 0.05) is 22.0 Å². The van der Waals surface area contributed by atoms with E-state index in [-0.39, 0.29) is 12.6 Å². The molecule has 2 aromatic carbocycles. The Hall–Kier alpha value is -2.69. The van der Waals surface area contributed by atoms with Gasteiger partial charge in [0.2, 0.25) is 11.1 Å². The zero-order valence-electron chi connectivity index (χ0n) is 23.1. The van der Waals surface area contributed by atoms with Gasteiger partial charge < -0.3 is 19.5 Å². The fraction of sp³-hybridized carbons (Fsp3) is 0.414. The van der Waals surface area contributed by atoms with Gasteiger partial charge in [0.15, 0.2) is 11.5 Å². The Kier molecular flexibility index (Phi) is 10.8. The summed E-state index contributed by atoms with van der Waals surface area (Å²) in [6, 6.07) is 10.8. The number of halogens is 2. The van der Waals surface area contributed by atoms with Gasteiger partial charge >= 0.3 is 5.97 Å². The average molecular weight is 650 g/mol. The second-order valence-electron chi connectivity index (χ2n) is 9.21. The van der Waals surface area contributed by atoms with Crippen LogP contribution in [0.5, 0.6) is 11.5 Å². The van der Waals surface area contributed by atoms with Gasteiger partial charge in [0.25, 0.3) is 0 Å². The maximum absolute atomic E-state index is 13.4. The summed E-state index contributed by atoms with van der Waals surface area (Å²) < 4.78 is 20.3. The SMILES string of the molecule is CCCCOC(=O)C1=C(C)Nc2nc(SCCC)nn2C1c1cc(Br)c(OCc2ccccc2Cl)c(OCC)c1. The molecule has 0 saturated heterocycles. The van der Waals surface area contributed by atoms with Crippen LogP contribution < -0.4 is 14.8 Å². The van der Waals surface area contributed by atoms with E-state index in [0.717, 1.165) is 36.1 Å². The number of anilines is 1. The minimum Gasteiger partial charge on any atom is -0.490 e. The molecule has 0 radical (unpaired) electrons. The molecule has 4 rings (SSSR count). The zero-order chi connectivity index (χ0) is 28.6. The van der Waals surface area contributed by atoms with Crippen molar-refractivity contribution in [3.63, 3.8) is 0 Å². The minimum atomic E-state index is -0.582. The number of hydrogen-bond donors (Lipinski definition) is 1. The number of nitrogens with one attached hydrogen (secondary N) is 1. The number of carbonyl (C=O) groups is 1. The van der Waals surface area contributed by atoms with Crippen molar-refractivity contribution in [1.29, 1.82) is 0 Å². The molecular weight excluding hydrogens is 616 g/mol. The third-order valence-corrected chi connectivity index (χ3v) is 8.20. The van der Waals surface area contributed by atoms with Crippen LogP contribution in [-0.2, 0) is 16.1 Å². The third kappa shape index (κ3) is 6.95. The highest BCUT2D eigenvalue weighted by Gasteiger charge is 2.36. The molecule has 1 atom stereocenters. The van der Waals surface area contributed by atoms with Crippen molar-refractivity contribution in [1.82, 2.24) is 14.8 Å². The standard InChI is InChI=1S/C29H34BrClN4O4S/c1-5-8-13-38-27(36)24-18(4)32-28-33-29(40-14-6-2)34-35(28)25(24)20-15-21(30)26(23(16-20)37-7-3)39-17-19-11-9-10-12-22(19)31/h9-12,15-16,25H,5-8,13-14,17H2,1-4H3,(H,32,33,34). The number of hydrogen-bond acceptors (Lipinski definition) is 8. The summed E-state index contributed by atoms with van der Waals surface area (Å²) in [5.41, 5.74) is 2.79. The number of thioether (sulfide) groups is 1. The van der Waals surface area contributed by atoms with Gasteiger partial charge in [-0.1, -0.05) is 61.8 Å². The molecule has 2 heterocycles. The maximum atomic E-state index is 13.4. The van der Waals surface area contributed by atoms with E-state index in [9.17, 15) is 4.79 Å². The predicted octanol–water partition coefficient (Wildman–Crippen LogP) is 7.81. The molecule has 11 heteroatoms. The van der Waals surface area contributed by atoms with Crippen LogP contribution in [0.3, 0.4) is 0 Å². The van der Waals surface area contributed by atoms with Gasteiger partial charge in [-0.25, -0.2) is 9.48 Å². The summed E-state index contributed by atoms with van der Waals surface area (Å²) in [5.74, 6) is 2.16. The van der Waals surface area contributed by atoms with E-state index in [0.29, 0.717) is 56.6 Å². The van der Waals surface area contributed by atoms with Gasteiger partial charge in [-0.2, -0.15) is 4.98 Å². The highest BCUT2D eigenvalue weighted by Crippen LogP contribution is 2.44. The molecule has 0 bridgehead atoms. The first-order chi connectivity index (χ1) is 19.4. The van der Waals surface area contributed by atoms with E-state index in [4.69, 9.17) is 35.9 Å². The molecule has 40 heavy (non-hydrogen) atoms. The normalized spacial score (nSPS) is 14.5. The van der Waals surface area contributed by atoms with Crippen LogP contribution in [0.25, 0.3) is 0 Å². The van der Waals surface area contributed by atoms with Crippen LogP contribution in [0, 0.1) is 0 Å². The largest absolute Gasteiger partial charge is 0.490 e. The molecule has 0 aliphatic carbocycles. The molecule has 0 fully saturated rings. The first-order valence-electron chi connectivity index (χ1n) is 13.4. The molecule has 0 amide bonds. The number of ether oxygens (including phenoxy) is 3. The van der Waals surface area contributed by atoms with Crippen molar-refractivity contribution < 1.29 is 19.0 Å². The van der Waals surface area contributed by atoms with E-state index >= 15 is 0 Å². The highest BCUT2D eigenvalue weighted by molar-refractivity contribution is 9.10. The van der Waals surface area contributed by atoms with Gasteiger partial charge in [-0.15, -0.1) is 5.10 Å². The molecular formula is C29H34BrClN4O4S. The molecule has 1 aliphatic heterocycles. The van der Waals surface area contributed by atoms with Crippen molar-refractivity contribution in [2.24, 2.45) is 0 Å². The second-order valence-corrected chi connectivity index (χ2v) is 11.5. The van der Waals surface area contributed by atoms with E-state index in [2.05, 4.69) is 35.1 Å². The summed E-state index contributed by atoms with van der Waals surface area (Å²) in [4.78, 5) is 18.1. The lowest BCUT2D eigenvalue weighted by Crippen LogP contribution is -2.30. The summed E-state index contributed by atoms with van der Waals surface area (Å²) >= 11 is 11.6. The van der Waals surface area contributed by atoms with Crippen molar-refractivity contribution in [2.75, 3.05) is 24.3 Å². The monoisotopic (exact) mass is 648 g/mol. The molecule has 0 spiro atoms. The van der Waals surface area contributed by atoms with Crippen LogP contribution in [0.1, 0.15) is 64.1 Å². The lowest BCUT2D eigenvalue weighted by Gasteiger charge is -2.29. The second kappa shape index (κ2) is 14.3. The number of fused-ring (bicyclic) bond motifs is 1. The van der Waals surface area contributed by atoms with Crippen LogP contribution in [0.15, 0.2) is 57.3 Å². The maximum Gasteiger partial charge on any atom is 0.338 e. The zero-order valence-corrected chi connectivity index (χ0v) is 26.3. The van der Waals surface area contributed by atoms with E-state index in [1.165, 1.54) is 0 Å². The number of rotatable bonds is 13. The highest BCUT2D eigenvalue weighted by atomic mass is 79.9. The molecule has 0 saturated carbocycles. The lowest BCUT2D eigenvalue weighted by molar-refractivity contribution is -0.139. The Morgan fingerprint density at radius 1 is 1.18 bits per heavy atom. The molecule has 1 aromatic heterocycles. The van der Waals surface area contributed by atoms with Gasteiger partial charge in [-0.3, -0.25) is 0 Å². The summed E-state index contributed by atoms with van der Waals surface area (Å²) in [5, 5.41) is 9.32. The number of carbonyl (C=O) groups excluding carboxylic acids is 1. The quantitative estimate of drug-likeness (QED) is 0.114. The van der Waals surface area contributed by atoms with Crippen LogP contribution in [0.4, 0.5) is 5.95 Å². The van der Waals surface area contributed by atoms with Gasteiger partial charge in [0.1, 0.15) is 12.6 Å². The third-order valence-electron chi connectivity index (χ3n) is 6.20. The Morgan fingerprint density at radius 2 is 1.98 bits per heavy atom. The van der Waals surface area contributed by atoms with Crippen LogP contribution >= 0.6 is 39.3 Å². The smallest absolute Gasteiger partial charge is 0.338 e. The van der Waals surface area contributed by atoms with E-state index < -0.39 is 6.04 Å². The Bertz CT molecular complexity index is 1380. The number of allylic oxidation sites excluding steroid dienone is 1. The number of unbranched alkanes of at least 4 members (excludes halogenated alkanes) is 1. The molecule has 1 N–H and O–H groups in total. The Morgan fingerprint density at radius 3 is 2.70 bits per heavy atom. The molecule has 8 nitrogen and oxygen atoms in total. The van der Waals surface area contributed by atoms with Gasteiger partial charge in [0.05, 0.1) is 23.3 Å². The summed E-state index contributed by atoms with van der Waals surface area (Å²) in [6.07, 6.45) is 2.72. The molecule has 1 aliphatic rings. The molecule has 214 valence electrons. The summed E-state index contributed by atoms with van der Waals surface area (Å²) in [7, 11) is 0. The van der Waals surface area contributed by atoms with Crippen LogP contribution in [-0.4, -0.2) is 39.7 Å². The first kappa shape index (κ1) is 30.3. The van der Waals surface area contributed by atoms with Gasteiger partial charge in [-0.05, 0) is 66.4 Å². The van der Waals surface area contributed by atoms with Crippen molar-refractivity contribution in [3.05, 3.63) is 68.3 Å². The average Bonchev–Trinajstić information content (AvgIpc) is 3.33. The Labute approximate surface area is 252 Å². The van der Waals surface area contributed by atoms with Crippen molar-refractivity contribution in [3.8, 4) is 11.5 Å². The number of esters is 1. The predicted molar refractivity (Wildman–Crippen MR) is 162 cm³/mol. The van der Waals surface area contributed by atoms with Crippen LogP contribution in [0.2, 0.25) is 5.02 Å².